The maximum atomic E-state index is 13.1. The molecule has 3 aromatic rings. The average molecular weight is 392 g/mol. The van der Waals surface area contributed by atoms with E-state index in [0.29, 0.717) is 23.8 Å². The van der Waals surface area contributed by atoms with E-state index in [1.165, 1.54) is 6.07 Å². The van der Waals surface area contributed by atoms with Crippen LogP contribution in [0.1, 0.15) is 16.9 Å². The molecule has 136 valence electrons. The van der Waals surface area contributed by atoms with E-state index in [-0.39, 0.29) is 9.79 Å². The van der Waals surface area contributed by atoms with Gasteiger partial charge in [0.1, 0.15) is 5.76 Å². The van der Waals surface area contributed by atoms with Crippen LogP contribution in [0.15, 0.2) is 50.6 Å². The Morgan fingerprint density at radius 2 is 1.96 bits per heavy atom. The van der Waals surface area contributed by atoms with E-state index in [2.05, 4.69) is 5.32 Å². The van der Waals surface area contributed by atoms with Crippen LogP contribution in [-0.4, -0.2) is 22.1 Å². The van der Waals surface area contributed by atoms with Crippen molar-refractivity contribution in [3.63, 3.8) is 0 Å². The minimum Gasteiger partial charge on any atom is -0.459 e. The van der Waals surface area contributed by atoms with Gasteiger partial charge in [0.2, 0.25) is 9.84 Å². The number of benzene rings is 2. The van der Waals surface area contributed by atoms with Gasteiger partial charge in [-0.3, -0.25) is 0 Å². The van der Waals surface area contributed by atoms with Crippen LogP contribution in [0.25, 0.3) is 11.0 Å². The molecule has 0 saturated heterocycles. The Balaban J connectivity index is 1.82. The van der Waals surface area contributed by atoms with Crippen molar-refractivity contribution in [3.05, 3.63) is 58.3 Å². The van der Waals surface area contributed by atoms with Gasteiger partial charge in [0, 0.05) is 37.6 Å². The standard InChI is InChI=1S/C19H18ClNO4S/c1-24-11-12-2-4-13(5-3-12)26(22,23)14-8-15-16-10-21-7-6-18(16)25-19(15)17(20)9-14/h2-5,8-9,21H,6-7,10-11H2,1H3. The van der Waals surface area contributed by atoms with E-state index < -0.39 is 9.84 Å². The number of nitrogens with one attached hydrogen (secondary N) is 1. The number of sulfone groups is 1. The minimum absolute atomic E-state index is 0.170. The van der Waals surface area contributed by atoms with Crippen molar-refractivity contribution < 1.29 is 17.6 Å². The van der Waals surface area contributed by atoms with E-state index in [4.69, 9.17) is 20.8 Å². The second-order valence-electron chi connectivity index (χ2n) is 6.29. The average Bonchev–Trinajstić information content (AvgIpc) is 3.02. The van der Waals surface area contributed by atoms with Gasteiger partial charge in [-0.2, -0.15) is 0 Å². The molecule has 0 saturated carbocycles. The Kier molecular flexibility index (Phi) is 4.52. The quantitative estimate of drug-likeness (QED) is 0.734. The Morgan fingerprint density at radius 1 is 1.19 bits per heavy atom. The minimum atomic E-state index is -3.68. The molecule has 0 bridgehead atoms. The van der Waals surface area contributed by atoms with E-state index >= 15 is 0 Å². The monoisotopic (exact) mass is 391 g/mol. The highest BCUT2D eigenvalue weighted by atomic mass is 35.5. The van der Waals surface area contributed by atoms with Crippen molar-refractivity contribution >= 4 is 32.4 Å². The van der Waals surface area contributed by atoms with Gasteiger partial charge in [-0.15, -0.1) is 0 Å². The van der Waals surface area contributed by atoms with Gasteiger partial charge < -0.3 is 14.5 Å². The van der Waals surface area contributed by atoms with Gasteiger partial charge in [-0.1, -0.05) is 23.7 Å². The second-order valence-corrected chi connectivity index (χ2v) is 8.65. The predicted octanol–water partition coefficient (Wildman–Crippen LogP) is 3.71. The fourth-order valence-electron chi connectivity index (χ4n) is 3.27. The number of ether oxygens (including phenoxy) is 1. The normalized spacial score (nSPS) is 14.5. The summed E-state index contributed by atoms with van der Waals surface area (Å²) in [6, 6.07) is 9.81. The lowest BCUT2D eigenvalue weighted by Gasteiger charge is -2.11. The zero-order chi connectivity index (χ0) is 18.3. The molecule has 2 aromatic carbocycles. The van der Waals surface area contributed by atoms with Gasteiger partial charge in [0.05, 0.1) is 21.4 Å². The smallest absolute Gasteiger partial charge is 0.206 e. The van der Waals surface area contributed by atoms with Crippen molar-refractivity contribution in [1.29, 1.82) is 0 Å². The zero-order valence-corrected chi connectivity index (χ0v) is 15.8. The summed E-state index contributed by atoms with van der Waals surface area (Å²) in [5, 5.41) is 4.35. The predicted molar refractivity (Wildman–Crippen MR) is 99.2 cm³/mol. The van der Waals surface area contributed by atoms with Crippen molar-refractivity contribution in [2.75, 3.05) is 13.7 Å². The summed E-state index contributed by atoms with van der Waals surface area (Å²) in [5.74, 6) is 0.874. The van der Waals surface area contributed by atoms with Crippen molar-refractivity contribution in [3.8, 4) is 0 Å². The van der Waals surface area contributed by atoms with Crippen molar-refractivity contribution in [2.24, 2.45) is 0 Å². The molecule has 26 heavy (non-hydrogen) atoms. The molecule has 5 nitrogen and oxygen atoms in total. The first-order valence-electron chi connectivity index (χ1n) is 8.28. The maximum absolute atomic E-state index is 13.1. The van der Waals surface area contributed by atoms with Crippen LogP contribution in [0, 0.1) is 0 Å². The first kappa shape index (κ1) is 17.5. The molecule has 2 heterocycles. The lowest BCUT2D eigenvalue weighted by Crippen LogP contribution is -2.22. The SMILES string of the molecule is COCc1ccc(S(=O)(=O)c2cc(Cl)c3oc4c(c3c2)CNCC4)cc1. The van der Waals surface area contributed by atoms with E-state index in [1.807, 2.05) is 0 Å². The highest BCUT2D eigenvalue weighted by Gasteiger charge is 2.24. The number of rotatable bonds is 4. The number of fused-ring (bicyclic) bond motifs is 3. The molecule has 4 rings (SSSR count). The van der Waals surface area contributed by atoms with E-state index in [0.717, 1.165) is 35.2 Å². The van der Waals surface area contributed by atoms with Crippen LogP contribution >= 0.6 is 11.6 Å². The molecule has 7 heteroatoms. The van der Waals surface area contributed by atoms with Gasteiger partial charge in [-0.05, 0) is 29.8 Å². The van der Waals surface area contributed by atoms with Gasteiger partial charge >= 0.3 is 0 Å². The lowest BCUT2D eigenvalue weighted by atomic mass is 10.1. The molecule has 0 radical (unpaired) electrons. The number of hydrogen-bond acceptors (Lipinski definition) is 5. The molecule has 0 aliphatic carbocycles. The number of halogens is 1. The number of hydrogen-bond donors (Lipinski definition) is 1. The fourth-order valence-corrected chi connectivity index (χ4v) is 4.90. The van der Waals surface area contributed by atoms with Gasteiger partial charge in [-0.25, -0.2) is 8.42 Å². The summed E-state index contributed by atoms with van der Waals surface area (Å²) in [5.41, 5.74) is 2.45. The third-order valence-corrected chi connectivity index (χ3v) is 6.62. The largest absolute Gasteiger partial charge is 0.459 e. The lowest BCUT2D eigenvalue weighted by molar-refractivity contribution is 0.185. The van der Waals surface area contributed by atoms with Crippen molar-refractivity contribution in [2.45, 2.75) is 29.4 Å². The zero-order valence-electron chi connectivity index (χ0n) is 14.2. The van der Waals surface area contributed by atoms with E-state index in [9.17, 15) is 8.42 Å². The summed E-state index contributed by atoms with van der Waals surface area (Å²) in [6.07, 6.45) is 0.767. The Labute approximate surface area is 156 Å². The van der Waals surface area contributed by atoms with Crippen LogP contribution in [-0.2, 0) is 34.1 Å². The number of furan rings is 1. The Hall–Kier alpha value is -1.86. The molecule has 1 aliphatic rings. The maximum Gasteiger partial charge on any atom is 0.206 e. The van der Waals surface area contributed by atoms with Crippen LogP contribution in [0.2, 0.25) is 5.02 Å². The number of methoxy groups -OCH3 is 1. The van der Waals surface area contributed by atoms with Gasteiger partial charge in [0.15, 0.2) is 5.58 Å². The summed E-state index contributed by atoms with van der Waals surface area (Å²) < 4.78 is 37.0. The van der Waals surface area contributed by atoms with Crippen molar-refractivity contribution in [1.82, 2.24) is 5.32 Å². The molecule has 1 aromatic heterocycles. The Bertz CT molecular complexity index is 1070. The third-order valence-electron chi connectivity index (χ3n) is 4.59. The van der Waals surface area contributed by atoms with E-state index in [1.54, 1.807) is 37.4 Å². The molecule has 0 spiro atoms. The topological polar surface area (TPSA) is 68.5 Å². The Morgan fingerprint density at radius 3 is 2.69 bits per heavy atom. The first-order chi connectivity index (χ1) is 12.5. The molecule has 1 aliphatic heterocycles. The summed E-state index contributed by atoms with van der Waals surface area (Å²) >= 11 is 6.35. The second kappa shape index (κ2) is 6.70. The molecule has 1 N–H and O–H groups in total. The summed E-state index contributed by atoms with van der Waals surface area (Å²) in [6.45, 7) is 1.92. The van der Waals surface area contributed by atoms with Crippen LogP contribution in [0.3, 0.4) is 0 Å². The highest BCUT2D eigenvalue weighted by Crippen LogP contribution is 2.36. The molecule has 0 fully saturated rings. The highest BCUT2D eigenvalue weighted by molar-refractivity contribution is 7.91. The third kappa shape index (κ3) is 2.93. The van der Waals surface area contributed by atoms with Crippen LogP contribution in [0.5, 0.6) is 0 Å². The fraction of sp³-hybridized carbons (Fsp3) is 0.263. The van der Waals surface area contributed by atoms with Crippen LogP contribution in [0.4, 0.5) is 0 Å². The molecule has 0 amide bonds. The summed E-state index contributed by atoms with van der Waals surface area (Å²) in [7, 11) is -2.08. The summed E-state index contributed by atoms with van der Waals surface area (Å²) in [4.78, 5) is 0.395. The molecular weight excluding hydrogens is 374 g/mol. The van der Waals surface area contributed by atoms with Gasteiger partial charge in [0.25, 0.3) is 0 Å². The van der Waals surface area contributed by atoms with Crippen LogP contribution < -0.4 is 5.32 Å². The molecule has 0 unspecified atom stereocenters. The first-order valence-corrected chi connectivity index (χ1v) is 10.1. The molecular formula is C19H18ClNO4S. The molecule has 0 atom stereocenters.